The van der Waals surface area contributed by atoms with Gasteiger partial charge in [-0.05, 0) is 30.5 Å². The van der Waals surface area contributed by atoms with Gasteiger partial charge >= 0.3 is 12.4 Å². The number of hydrogen-bond donors (Lipinski definition) is 3. The molecule has 0 radical (unpaired) electrons. The molecule has 3 aromatic rings. The van der Waals surface area contributed by atoms with Crippen LogP contribution in [0.1, 0.15) is 59.0 Å². The number of aromatic amines is 1. The minimum atomic E-state index is -4.46. The molecule has 194 valence electrons. The van der Waals surface area contributed by atoms with Crippen LogP contribution in [0.15, 0.2) is 24.4 Å². The molecule has 0 atom stereocenters. The third-order valence-electron chi connectivity index (χ3n) is 5.48. The van der Waals surface area contributed by atoms with E-state index in [1.807, 2.05) is 0 Å². The zero-order chi connectivity index (χ0) is 26.1. The largest absolute Gasteiger partial charge is 0.408 e. The summed E-state index contributed by atoms with van der Waals surface area (Å²) in [4.78, 5) is 31.6. The summed E-state index contributed by atoms with van der Waals surface area (Å²) < 4.78 is 75.6. The average Bonchev–Trinajstić information content (AvgIpc) is 3.41. The third-order valence-corrected chi connectivity index (χ3v) is 5.48. The number of imidazole rings is 1. The molecule has 2 heterocycles. The number of benzene rings is 1. The number of fused-ring (bicyclic) bond motifs is 1. The Morgan fingerprint density at radius 3 is 2.47 bits per heavy atom. The highest BCUT2D eigenvalue weighted by molar-refractivity contribution is 5.95. The molecule has 0 aliphatic heterocycles. The molecule has 8 nitrogen and oxygen atoms in total. The molecule has 1 saturated carbocycles. The molecule has 0 spiro atoms. The van der Waals surface area contributed by atoms with Crippen LogP contribution in [0.5, 0.6) is 0 Å². The molecule has 0 unspecified atom stereocenters. The monoisotopic (exact) mass is 516 g/mol. The number of halogens is 6. The van der Waals surface area contributed by atoms with Gasteiger partial charge in [-0.15, -0.1) is 0 Å². The lowest BCUT2D eigenvalue weighted by atomic mass is 10.1. The van der Waals surface area contributed by atoms with Gasteiger partial charge in [-0.25, -0.2) is 4.98 Å². The van der Waals surface area contributed by atoms with Crippen molar-refractivity contribution in [1.29, 1.82) is 0 Å². The first-order valence-corrected chi connectivity index (χ1v) is 11.1. The Morgan fingerprint density at radius 2 is 1.81 bits per heavy atom. The molecule has 2 amide bonds. The van der Waals surface area contributed by atoms with E-state index in [4.69, 9.17) is 0 Å². The molecule has 1 aliphatic carbocycles. The van der Waals surface area contributed by atoms with Crippen molar-refractivity contribution >= 4 is 22.8 Å². The predicted molar refractivity (Wildman–Crippen MR) is 115 cm³/mol. The first kappa shape index (κ1) is 25.5. The summed E-state index contributed by atoms with van der Waals surface area (Å²) in [6.07, 6.45) is -8.09. The lowest BCUT2D eigenvalue weighted by Crippen LogP contribution is -2.24. The number of carbonyl (C=O) groups excluding carboxylic acids is 2. The van der Waals surface area contributed by atoms with Crippen LogP contribution >= 0.6 is 0 Å². The van der Waals surface area contributed by atoms with Crippen molar-refractivity contribution in [2.24, 2.45) is 0 Å². The van der Waals surface area contributed by atoms with Crippen LogP contribution < -0.4 is 10.6 Å². The van der Waals surface area contributed by atoms with E-state index in [2.05, 4.69) is 25.7 Å². The minimum absolute atomic E-state index is 0.0222. The zero-order valence-corrected chi connectivity index (χ0v) is 18.8. The molecule has 0 bridgehead atoms. The summed E-state index contributed by atoms with van der Waals surface area (Å²) in [7, 11) is 0. The summed E-state index contributed by atoms with van der Waals surface area (Å²) in [5, 5.41) is 9.03. The molecule has 1 fully saturated rings. The maximum Gasteiger partial charge on any atom is 0.408 e. The Bertz CT molecular complexity index is 1260. The number of H-pyrrole nitrogens is 1. The van der Waals surface area contributed by atoms with Crippen molar-refractivity contribution < 1.29 is 35.9 Å². The fraction of sp³-hybridized carbons (Fsp3) is 0.455. The van der Waals surface area contributed by atoms with Crippen molar-refractivity contribution in [1.82, 2.24) is 30.4 Å². The molecule has 1 aromatic carbocycles. The Morgan fingerprint density at radius 1 is 1.06 bits per heavy atom. The Labute approximate surface area is 200 Å². The van der Waals surface area contributed by atoms with Gasteiger partial charge in [0.2, 0.25) is 5.91 Å². The topological polar surface area (TPSA) is 105 Å². The molecule has 36 heavy (non-hydrogen) atoms. The molecule has 0 saturated heterocycles. The van der Waals surface area contributed by atoms with Crippen molar-refractivity contribution in [2.75, 3.05) is 0 Å². The van der Waals surface area contributed by atoms with Crippen molar-refractivity contribution in [3.8, 4) is 0 Å². The highest BCUT2D eigenvalue weighted by atomic mass is 19.4. The number of amides is 2. The van der Waals surface area contributed by atoms with E-state index in [1.54, 1.807) is 18.2 Å². The molecule has 3 N–H and O–H groups in total. The molecule has 14 heteroatoms. The minimum Gasteiger partial charge on any atom is -0.352 e. The van der Waals surface area contributed by atoms with Gasteiger partial charge in [-0.3, -0.25) is 14.3 Å². The second kappa shape index (κ2) is 9.82. The smallest absolute Gasteiger partial charge is 0.352 e. The number of nitrogens with zero attached hydrogens (tertiary/aromatic N) is 3. The maximum atomic E-state index is 12.7. The molecule has 2 aromatic heterocycles. The van der Waals surface area contributed by atoms with E-state index in [0.717, 1.165) is 23.7 Å². The van der Waals surface area contributed by atoms with Gasteiger partial charge in [0.1, 0.15) is 12.4 Å². The molecule has 1 aliphatic rings. The van der Waals surface area contributed by atoms with Crippen molar-refractivity contribution in [3.63, 3.8) is 0 Å². The SMILES string of the molecule is O=C(CCC(F)(F)F)NCc1ccc2nc(CNC(=O)c3cn(CC(F)(F)F)nc3C3CC3)[nH]c2c1. The van der Waals surface area contributed by atoms with Crippen LogP contribution in [-0.2, 0) is 24.4 Å². The van der Waals surface area contributed by atoms with Gasteiger partial charge in [-0.2, -0.15) is 31.4 Å². The lowest BCUT2D eigenvalue weighted by Gasteiger charge is -2.07. The number of hydrogen-bond acceptors (Lipinski definition) is 4. The molecular weight excluding hydrogens is 494 g/mol. The lowest BCUT2D eigenvalue weighted by molar-refractivity contribution is -0.144. The fourth-order valence-corrected chi connectivity index (χ4v) is 3.64. The standard InChI is InChI=1S/C22H22F6N6O2/c23-21(24,25)6-5-18(35)29-8-12-1-4-15-16(7-12)32-17(31-15)9-30-20(36)14-10-34(11-22(26,27)28)33-19(14)13-2-3-13/h1,4,7,10,13H,2-3,5-6,8-9,11H2,(H,29,35)(H,30,36)(H,31,32). The number of nitrogens with one attached hydrogen (secondary N) is 3. The van der Waals surface area contributed by atoms with E-state index in [1.165, 1.54) is 0 Å². The Balaban J connectivity index is 1.36. The number of carbonyl (C=O) groups is 2. The van der Waals surface area contributed by atoms with Crippen LogP contribution in [0.25, 0.3) is 11.0 Å². The van der Waals surface area contributed by atoms with E-state index in [0.29, 0.717) is 28.1 Å². The van der Waals surface area contributed by atoms with Gasteiger partial charge in [0.05, 0.1) is 35.3 Å². The van der Waals surface area contributed by atoms with Crippen LogP contribution in [0.4, 0.5) is 26.3 Å². The quantitative estimate of drug-likeness (QED) is 0.373. The van der Waals surface area contributed by atoms with Gasteiger partial charge in [0, 0.05) is 25.1 Å². The maximum absolute atomic E-state index is 12.7. The van der Waals surface area contributed by atoms with E-state index >= 15 is 0 Å². The second-order valence-corrected chi connectivity index (χ2v) is 8.62. The van der Waals surface area contributed by atoms with Crippen LogP contribution in [0, 0.1) is 0 Å². The summed E-state index contributed by atoms with van der Waals surface area (Å²) in [5.74, 6) is -0.920. The van der Waals surface area contributed by atoms with Crippen molar-refractivity contribution in [2.45, 2.75) is 63.6 Å². The fourth-order valence-electron chi connectivity index (χ4n) is 3.64. The van der Waals surface area contributed by atoms with Crippen molar-refractivity contribution in [3.05, 3.63) is 47.0 Å². The summed E-state index contributed by atoms with van der Waals surface area (Å²) >= 11 is 0. The number of aromatic nitrogens is 4. The normalized spacial score (nSPS) is 14.3. The highest BCUT2D eigenvalue weighted by Gasteiger charge is 2.34. The predicted octanol–water partition coefficient (Wildman–Crippen LogP) is 4.09. The van der Waals surface area contributed by atoms with Gasteiger partial charge in [0.25, 0.3) is 5.91 Å². The third kappa shape index (κ3) is 6.98. The molecular formula is C22H22F6N6O2. The van der Waals surface area contributed by atoms with Crippen LogP contribution in [0.3, 0.4) is 0 Å². The van der Waals surface area contributed by atoms with Gasteiger partial charge in [-0.1, -0.05) is 6.07 Å². The van der Waals surface area contributed by atoms with E-state index < -0.39 is 43.6 Å². The Hall–Kier alpha value is -3.58. The van der Waals surface area contributed by atoms with E-state index in [-0.39, 0.29) is 24.6 Å². The first-order valence-electron chi connectivity index (χ1n) is 11.1. The Kier molecular flexibility index (Phi) is 6.96. The van der Waals surface area contributed by atoms with Gasteiger partial charge in [0.15, 0.2) is 0 Å². The van der Waals surface area contributed by atoms with Crippen LogP contribution in [-0.4, -0.2) is 43.9 Å². The first-order chi connectivity index (χ1) is 16.9. The van der Waals surface area contributed by atoms with E-state index in [9.17, 15) is 35.9 Å². The average molecular weight is 516 g/mol. The number of alkyl halides is 6. The second-order valence-electron chi connectivity index (χ2n) is 8.62. The van der Waals surface area contributed by atoms with Crippen LogP contribution in [0.2, 0.25) is 0 Å². The highest BCUT2D eigenvalue weighted by Crippen LogP contribution is 2.41. The zero-order valence-electron chi connectivity index (χ0n) is 18.8. The summed E-state index contributed by atoms with van der Waals surface area (Å²) in [6, 6.07) is 4.98. The molecule has 4 rings (SSSR count). The summed E-state index contributed by atoms with van der Waals surface area (Å²) in [5.41, 5.74) is 2.22. The number of rotatable bonds is 9. The summed E-state index contributed by atoms with van der Waals surface area (Å²) in [6.45, 7) is -1.27. The van der Waals surface area contributed by atoms with Gasteiger partial charge < -0.3 is 15.6 Å².